The molecule has 0 spiro atoms. The molecular weight excluding hydrogens is 320 g/mol. The lowest BCUT2D eigenvalue weighted by molar-refractivity contribution is 0.0950. The van der Waals surface area contributed by atoms with E-state index in [1.807, 2.05) is 41.2 Å². The van der Waals surface area contributed by atoms with Crippen LogP contribution in [0.15, 0.2) is 48.9 Å². The Bertz CT molecular complexity index is 869. The SMILES string of the molecule is COc1ccc(CNC(=O)c2cnn(C)c2-n2cccc2)c(OC)c1. The van der Waals surface area contributed by atoms with Crippen LogP contribution in [0, 0.1) is 0 Å². The molecule has 0 aliphatic rings. The van der Waals surface area contributed by atoms with E-state index in [-0.39, 0.29) is 5.91 Å². The number of benzene rings is 1. The van der Waals surface area contributed by atoms with Crippen molar-refractivity contribution in [3.63, 3.8) is 0 Å². The molecule has 130 valence electrons. The summed E-state index contributed by atoms with van der Waals surface area (Å²) in [7, 11) is 4.99. The van der Waals surface area contributed by atoms with Crippen LogP contribution in [0.3, 0.4) is 0 Å². The van der Waals surface area contributed by atoms with E-state index >= 15 is 0 Å². The van der Waals surface area contributed by atoms with E-state index in [0.29, 0.717) is 29.4 Å². The van der Waals surface area contributed by atoms with Gasteiger partial charge in [-0.05, 0) is 24.3 Å². The summed E-state index contributed by atoms with van der Waals surface area (Å²) in [6, 6.07) is 9.29. The number of carbonyl (C=O) groups excluding carboxylic acids is 1. The number of aromatic nitrogens is 3. The predicted octanol–water partition coefficient (Wildman–Crippen LogP) is 2.16. The average Bonchev–Trinajstić information content (AvgIpc) is 3.28. The number of hydrogen-bond donors (Lipinski definition) is 1. The molecule has 0 atom stereocenters. The molecule has 1 aromatic carbocycles. The van der Waals surface area contributed by atoms with Crippen molar-refractivity contribution in [1.29, 1.82) is 0 Å². The number of aryl methyl sites for hydroxylation is 1. The summed E-state index contributed by atoms with van der Waals surface area (Å²) in [6.07, 6.45) is 5.32. The third-order valence-corrected chi connectivity index (χ3v) is 3.93. The zero-order chi connectivity index (χ0) is 17.8. The Hall–Kier alpha value is -3.22. The number of nitrogens with one attached hydrogen (secondary N) is 1. The molecule has 0 aliphatic heterocycles. The lowest BCUT2D eigenvalue weighted by atomic mass is 10.2. The predicted molar refractivity (Wildman–Crippen MR) is 93.3 cm³/mol. The Kier molecular flexibility index (Phi) is 4.74. The van der Waals surface area contributed by atoms with Crippen LogP contribution in [0.25, 0.3) is 5.82 Å². The Balaban J connectivity index is 1.78. The van der Waals surface area contributed by atoms with Crippen LogP contribution in [-0.2, 0) is 13.6 Å². The molecule has 0 aliphatic carbocycles. The number of hydrogen-bond acceptors (Lipinski definition) is 4. The summed E-state index contributed by atoms with van der Waals surface area (Å²) >= 11 is 0. The zero-order valence-electron chi connectivity index (χ0n) is 14.4. The van der Waals surface area contributed by atoms with E-state index in [2.05, 4.69) is 10.4 Å². The number of ether oxygens (including phenoxy) is 2. The molecule has 0 saturated carbocycles. The standard InChI is InChI=1S/C18H20N4O3/c1-21-18(22-8-4-5-9-22)15(12-20-21)17(23)19-11-13-6-7-14(24-2)10-16(13)25-3/h4-10,12H,11H2,1-3H3,(H,19,23). The Morgan fingerprint density at radius 3 is 2.64 bits per heavy atom. The molecule has 0 fully saturated rings. The molecule has 0 saturated heterocycles. The number of nitrogens with zero attached hydrogens (tertiary/aromatic N) is 3. The molecule has 3 aromatic rings. The molecule has 2 aromatic heterocycles. The molecule has 7 nitrogen and oxygen atoms in total. The molecule has 3 rings (SSSR count). The monoisotopic (exact) mass is 340 g/mol. The van der Waals surface area contributed by atoms with Crippen LogP contribution in [0.1, 0.15) is 15.9 Å². The Morgan fingerprint density at radius 2 is 1.96 bits per heavy atom. The number of carbonyl (C=O) groups is 1. The lowest BCUT2D eigenvalue weighted by Gasteiger charge is -2.12. The lowest BCUT2D eigenvalue weighted by Crippen LogP contribution is -2.24. The maximum Gasteiger partial charge on any atom is 0.256 e. The number of methoxy groups -OCH3 is 2. The van der Waals surface area contributed by atoms with Gasteiger partial charge in [0.15, 0.2) is 0 Å². The van der Waals surface area contributed by atoms with Crippen LogP contribution in [0.2, 0.25) is 0 Å². The minimum absolute atomic E-state index is 0.199. The molecule has 1 N–H and O–H groups in total. The summed E-state index contributed by atoms with van der Waals surface area (Å²) in [5, 5.41) is 7.12. The van der Waals surface area contributed by atoms with Crippen LogP contribution in [0.4, 0.5) is 0 Å². The van der Waals surface area contributed by atoms with Crippen LogP contribution < -0.4 is 14.8 Å². The summed E-state index contributed by atoms with van der Waals surface area (Å²) < 4.78 is 14.1. The number of rotatable bonds is 6. The van der Waals surface area contributed by atoms with Crippen molar-refractivity contribution >= 4 is 5.91 Å². The van der Waals surface area contributed by atoms with Gasteiger partial charge in [-0.15, -0.1) is 0 Å². The van der Waals surface area contributed by atoms with Crippen LogP contribution >= 0.6 is 0 Å². The van der Waals surface area contributed by atoms with Gasteiger partial charge in [0.05, 0.1) is 20.4 Å². The van der Waals surface area contributed by atoms with Gasteiger partial charge in [0.25, 0.3) is 5.91 Å². The van der Waals surface area contributed by atoms with E-state index in [1.165, 1.54) is 0 Å². The first kappa shape index (κ1) is 16.6. The van der Waals surface area contributed by atoms with E-state index in [9.17, 15) is 4.79 Å². The maximum atomic E-state index is 12.6. The van der Waals surface area contributed by atoms with E-state index in [4.69, 9.17) is 9.47 Å². The highest BCUT2D eigenvalue weighted by Gasteiger charge is 2.17. The van der Waals surface area contributed by atoms with Crippen molar-refractivity contribution in [2.24, 2.45) is 7.05 Å². The molecule has 25 heavy (non-hydrogen) atoms. The first-order chi connectivity index (χ1) is 12.1. The van der Waals surface area contributed by atoms with Gasteiger partial charge < -0.3 is 19.4 Å². The molecule has 0 unspecified atom stereocenters. The van der Waals surface area contributed by atoms with Gasteiger partial charge in [0, 0.05) is 37.6 Å². The fourth-order valence-corrected chi connectivity index (χ4v) is 2.64. The highest BCUT2D eigenvalue weighted by molar-refractivity contribution is 5.97. The summed E-state index contributed by atoms with van der Waals surface area (Å²) in [6.45, 7) is 0.339. The quantitative estimate of drug-likeness (QED) is 0.746. The highest BCUT2D eigenvalue weighted by Crippen LogP contribution is 2.24. The topological polar surface area (TPSA) is 70.3 Å². The highest BCUT2D eigenvalue weighted by atomic mass is 16.5. The molecule has 7 heteroatoms. The van der Waals surface area contributed by atoms with Crippen molar-refractivity contribution in [3.05, 3.63) is 60.0 Å². The van der Waals surface area contributed by atoms with Crippen molar-refractivity contribution in [2.75, 3.05) is 14.2 Å². The first-order valence-corrected chi connectivity index (χ1v) is 7.78. The fourth-order valence-electron chi connectivity index (χ4n) is 2.64. The third-order valence-electron chi connectivity index (χ3n) is 3.93. The third kappa shape index (κ3) is 3.35. The largest absolute Gasteiger partial charge is 0.497 e. The molecule has 1 amide bonds. The van der Waals surface area contributed by atoms with Crippen LogP contribution in [0.5, 0.6) is 11.5 Å². The van der Waals surface area contributed by atoms with Crippen molar-refractivity contribution in [2.45, 2.75) is 6.54 Å². The number of amides is 1. The van der Waals surface area contributed by atoms with Gasteiger partial charge in [-0.1, -0.05) is 0 Å². The summed E-state index contributed by atoms with van der Waals surface area (Å²) in [5.74, 6) is 1.88. The van der Waals surface area contributed by atoms with Gasteiger partial charge in [-0.3, -0.25) is 9.48 Å². The van der Waals surface area contributed by atoms with Crippen LogP contribution in [-0.4, -0.2) is 34.5 Å². The van der Waals surface area contributed by atoms with E-state index < -0.39 is 0 Å². The Labute approximate surface area is 145 Å². The Morgan fingerprint density at radius 1 is 1.20 bits per heavy atom. The second kappa shape index (κ2) is 7.12. The van der Waals surface area contributed by atoms with E-state index in [0.717, 1.165) is 5.56 Å². The summed E-state index contributed by atoms with van der Waals surface area (Å²) in [5.41, 5.74) is 1.37. The first-order valence-electron chi connectivity index (χ1n) is 7.78. The summed E-state index contributed by atoms with van der Waals surface area (Å²) in [4.78, 5) is 12.6. The minimum Gasteiger partial charge on any atom is -0.497 e. The van der Waals surface area contributed by atoms with Gasteiger partial charge in [0.2, 0.25) is 0 Å². The average molecular weight is 340 g/mol. The molecule has 0 bridgehead atoms. The van der Waals surface area contributed by atoms with Gasteiger partial charge in [-0.25, -0.2) is 0 Å². The van der Waals surface area contributed by atoms with Crippen molar-refractivity contribution in [3.8, 4) is 17.3 Å². The second-order valence-corrected chi connectivity index (χ2v) is 5.46. The van der Waals surface area contributed by atoms with Crippen molar-refractivity contribution in [1.82, 2.24) is 19.7 Å². The smallest absolute Gasteiger partial charge is 0.256 e. The molecule has 0 radical (unpaired) electrons. The van der Waals surface area contributed by atoms with E-state index in [1.54, 1.807) is 38.2 Å². The van der Waals surface area contributed by atoms with Crippen molar-refractivity contribution < 1.29 is 14.3 Å². The van der Waals surface area contributed by atoms with Gasteiger partial charge >= 0.3 is 0 Å². The maximum absolute atomic E-state index is 12.6. The zero-order valence-corrected chi connectivity index (χ0v) is 14.4. The molecular formula is C18H20N4O3. The second-order valence-electron chi connectivity index (χ2n) is 5.46. The fraction of sp³-hybridized carbons (Fsp3) is 0.222. The van der Waals surface area contributed by atoms with Gasteiger partial charge in [-0.2, -0.15) is 5.10 Å². The van der Waals surface area contributed by atoms with Gasteiger partial charge in [0.1, 0.15) is 22.9 Å². The molecule has 2 heterocycles. The normalized spacial score (nSPS) is 10.5. The minimum atomic E-state index is -0.199.